The number of benzene rings is 1. The fourth-order valence-corrected chi connectivity index (χ4v) is 2.96. The molecule has 1 N–H and O–H groups in total. The summed E-state index contributed by atoms with van der Waals surface area (Å²) in [7, 11) is 0. The summed E-state index contributed by atoms with van der Waals surface area (Å²) in [4.78, 5) is 11.7. The first kappa shape index (κ1) is 14.8. The summed E-state index contributed by atoms with van der Waals surface area (Å²) in [6.07, 6.45) is 3.99. The molecule has 1 amide bonds. The van der Waals surface area contributed by atoms with Gasteiger partial charge in [-0.05, 0) is 25.0 Å². The molecule has 1 aromatic carbocycles. The lowest BCUT2D eigenvalue weighted by atomic mass is 10.3. The van der Waals surface area contributed by atoms with Gasteiger partial charge in [-0.15, -0.1) is 16.8 Å². The fourth-order valence-electron chi connectivity index (χ4n) is 2.17. The molecule has 0 unspecified atom stereocenters. The van der Waals surface area contributed by atoms with E-state index in [1.165, 1.54) is 11.8 Å². The molecule has 0 spiro atoms. The fraction of sp³-hybridized carbons (Fsp3) is 0.312. The molecule has 2 aromatic rings. The van der Waals surface area contributed by atoms with Crippen molar-refractivity contribution in [3.05, 3.63) is 48.8 Å². The molecule has 0 aliphatic heterocycles. The van der Waals surface area contributed by atoms with E-state index in [9.17, 15) is 4.79 Å². The van der Waals surface area contributed by atoms with Gasteiger partial charge in [0.25, 0.3) is 0 Å². The van der Waals surface area contributed by atoms with E-state index in [0.717, 1.165) is 29.5 Å². The topological polar surface area (TPSA) is 59.8 Å². The van der Waals surface area contributed by atoms with E-state index < -0.39 is 0 Å². The lowest BCUT2D eigenvalue weighted by Crippen LogP contribution is -2.25. The van der Waals surface area contributed by atoms with Crippen LogP contribution in [0, 0.1) is 0 Å². The predicted molar refractivity (Wildman–Crippen MR) is 87.3 cm³/mol. The molecule has 114 valence electrons. The molecule has 1 aliphatic carbocycles. The molecule has 0 atom stereocenters. The Kier molecular flexibility index (Phi) is 4.58. The minimum Gasteiger partial charge on any atom is -0.352 e. The molecule has 1 aliphatic rings. The molecule has 1 saturated carbocycles. The number of aromatic nitrogens is 3. The summed E-state index contributed by atoms with van der Waals surface area (Å²) in [5.74, 6) is 1.79. The molecule has 0 saturated heterocycles. The molecule has 1 aromatic heterocycles. The van der Waals surface area contributed by atoms with Crippen LogP contribution >= 0.6 is 11.8 Å². The van der Waals surface area contributed by atoms with Crippen molar-refractivity contribution >= 4 is 17.7 Å². The van der Waals surface area contributed by atoms with Crippen LogP contribution in [0.15, 0.2) is 48.1 Å². The highest BCUT2D eigenvalue weighted by Crippen LogP contribution is 2.41. The maximum atomic E-state index is 11.7. The zero-order valence-electron chi connectivity index (χ0n) is 12.2. The first-order chi connectivity index (χ1) is 10.8. The van der Waals surface area contributed by atoms with E-state index in [-0.39, 0.29) is 5.91 Å². The summed E-state index contributed by atoms with van der Waals surface area (Å²) in [6.45, 7) is 4.07. The third-order valence-electron chi connectivity index (χ3n) is 3.39. The average Bonchev–Trinajstić information content (AvgIpc) is 3.31. The van der Waals surface area contributed by atoms with Gasteiger partial charge in [0.1, 0.15) is 5.82 Å². The van der Waals surface area contributed by atoms with Gasteiger partial charge in [0.05, 0.1) is 5.75 Å². The highest BCUT2D eigenvalue weighted by Gasteiger charge is 2.31. The van der Waals surface area contributed by atoms with Crippen molar-refractivity contribution in [3.63, 3.8) is 0 Å². The van der Waals surface area contributed by atoms with Crippen LogP contribution < -0.4 is 5.32 Å². The Morgan fingerprint density at radius 3 is 2.82 bits per heavy atom. The van der Waals surface area contributed by atoms with Crippen molar-refractivity contribution in [1.29, 1.82) is 0 Å². The first-order valence-corrected chi connectivity index (χ1v) is 8.29. The minimum absolute atomic E-state index is 0.0273. The quantitative estimate of drug-likeness (QED) is 0.630. The van der Waals surface area contributed by atoms with Crippen LogP contribution in [-0.2, 0) is 4.79 Å². The van der Waals surface area contributed by atoms with E-state index in [4.69, 9.17) is 0 Å². The summed E-state index contributed by atoms with van der Waals surface area (Å²) in [5, 5.41) is 12.2. The number of hydrogen-bond donors (Lipinski definition) is 1. The first-order valence-electron chi connectivity index (χ1n) is 7.30. The smallest absolute Gasteiger partial charge is 0.230 e. The zero-order chi connectivity index (χ0) is 15.4. The van der Waals surface area contributed by atoms with Gasteiger partial charge in [-0.2, -0.15) is 0 Å². The third-order valence-corrected chi connectivity index (χ3v) is 4.32. The van der Waals surface area contributed by atoms with Crippen molar-refractivity contribution in [2.75, 3.05) is 12.3 Å². The van der Waals surface area contributed by atoms with Gasteiger partial charge in [0, 0.05) is 18.2 Å². The van der Waals surface area contributed by atoms with E-state index >= 15 is 0 Å². The van der Waals surface area contributed by atoms with Gasteiger partial charge >= 0.3 is 0 Å². The Bertz CT molecular complexity index is 664. The van der Waals surface area contributed by atoms with Crippen molar-refractivity contribution in [2.45, 2.75) is 23.9 Å². The van der Waals surface area contributed by atoms with Gasteiger partial charge in [-0.1, -0.05) is 36.0 Å². The van der Waals surface area contributed by atoms with E-state index in [0.29, 0.717) is 18.2 Å². The normalized spacial score (nSPS) is 13.8. The Morgan fingerprint density at radius 2 is 2.14 bits per heavy atom. The number of para-hydroxylation sites is 1. The third kappa shape index (κ3) is 3.39. The van der Waals surface area contributed by atoms with Gasteiger partial charge in [0.2, 0.25) is 5.91 Å². The maximum absolute atomic E-state index is 11.7. The molecule has 0 bridgehead atoms. The minimum atomic E-state index is -0.0273. The highest BCUT2D eigenvalue weighted by atomic mass is 32.2. The lowest BCUT2D eigenvalue weighted by Gasteiger charge is -2.09. The summed E-state index contributed by atoms with van der Waals surface area (Å²) < 4.78 is 2.07. The molecule has 3 rings (SSSR count). The molecule has 5 nitrogen and oxygen atoms in total. The highest BCUT2D eigenvalue weighted by molar-refractivity contribution is 7.99. The van der Waals surface area contributed by atoms with E-state index in [2.05, 4.69) is 26.7 Å². The molecule has 1 fully saturated rings. The number of nitrogens with zero attached hydrogens (tertiary/aromatic N) is 3. The second-order valence-corrected chi connectivity index (χ2v) is 6.11. The van der Waals surface area contributed by atoms with Crippen molar-refractivity contribution in [1.82, 2.24) is 20.1 Å². The second kappa shape index (κ2) is 6.79. The summed E-state index contributed by atoms with van der Waals surface area (Å²) >= 11 is 1.41. The van der Waals surface area contributed by atoms with Crippen LogP contribution in [0.2, 0.25) is 0 Å². The number of carbonyl (C=O) groups excluding carboxylic acids is 1. The molecule has 1 heterocycles. The van der Waals surface area contributed by atoms with Gasteiger partial charge in [0.15, 0.2) is 5.16 Å². The van der Waals surface area contributed by atoms with Crippen LogP contribution in [-0.4, -0.2) is 33.0 Å². The average molecular weight is 314 g/mol. The SMILES string of the molecule is C=CCNC(=O)CSc1nnc(C2CC2)n1-c1ccccc1. The molecule has 0 radical (unpaired) electrons. The number of rotatable bonds is 7. The van der Waals surface area contributed by atoms with Crippen LogP contribution in [0.5, 0.6) is 0 Å². The lowest BCUT2D eigenvalue weighted by molar-refractivity contribution is -0.118. The Hall–Kier alpha value is -2.08. The molecule has 6 heteroatoms. The molecule has 22 heavy (non-hydrogen) atoms. The van der Waals surface area contributed by atoms with Gasteiger partial charge in [-0.3, -0.25) is 9.36 Å². The molecular weight excluding hydrogens is 296 g/mol. The number of amides is 1. The summed E-state index contributed by atoms with van der Waals surface area (Å²) in [5.41, 5.74) is 1.04. The van der Waals surface area contributed by atoms with Crippen LogP contribution in [0.3, 0.4) is 0 Å². The maximum Gasteiger partial charge on any atom is 0.230 e. The van der Waals surface area contributed by atoms with Crippen LogP contribution in [0.4, 0.5) is 0 Å². The van der Waals surface area contributed by atoms with E-state index in [1.807, 2.05) is 30.3 Å². The van der Waals surface area contributed by atoms with Gasteiger partial charge in [-0.25, -0.2) is 0 Å². The molecular formula is C16H18N4OS. The Morgan fingerprint density at radius 1 is 1.36 bits per heavy atom. The van der Waals surface area contributed by atoms with Crippen molar-refractivity contribution in [2.24, 2.45) is 0 Å². The largest absolute Gasteiger partial charge is 0.352 e. The second-order valence-electron chi connectivity index (χ2n) is 5.17. The number of nitrogens with one attached hydrogen (secondary N) is 1. The zero-order valence-corrected chi connectivity index (χ0v) is 13.1. The summed E-state index contributed by atoms with van der Waals surface area (Å²) in [6, 6.07) is 10.1. The number of thioether (sulfide) groups is 1. The van der Waals surface area contributed by atoms with Crippen molar-refractivity contribution < 1.29 is 4.79 Å². The van der Waals surface area contributed by atoms with Crippen LogP contribution in [0.25, 0.3) is 5.69 Å². The van der Waals surface area contributed by atoms with Crippen molar-refractivity contribution in [3.8, 4) is 5.69 Å². The monoisotopic (exact) mass is 314 g/mol. The standard InChI is InChI=1S/C16H18N4OS/c1-2-10-17-14(21)11-22-16-19-18-15(12-8-9-12)20(16)13-6-4-3-5-7-13/h2-7,12H,1,8-11H2,(H,17,21). The Balaban J connectivity index is 1.79. The van der Waals surface area contributed by atoms with E-state index in [1.54, 1.807) is 6.08 Å². The predicted octanol–water partition coefficient (Wildman–Crippen LogP) is 2.54. The van der Waals surface area contributed by atoms with Crippen LogP contribution in [0.1, 0.15) is 24.6 Å². The Labute approximate surface area is 133 Å². The number of hydrogen-bond acceptors (Lipinski definition) is 4. The van der Waals surface area contributed by atoms with Gasteiger partial charge < -0.3 is 5.32 Å². The number of carbonyl (C=O) groups is 1.